The smallest absolute Gasteiger partial charge is 0.242 e. The number of amides is 2. The second-order valence-corrected chi connectivity index (χ2v) is 11.6. The molecule has 0 fully saturated rings. The zero-order chi connectivity index (χ0) is 27.0. The number of nitrogens with one attached hydrogen (secondary N) is 1. The largest absolute Gasteiger partial charge is 0.352 e. The second kappa shape index (κ2) is 12.9. The van der Waals surface area contributed by atoms with E-state index < -0.39 is 16.1 Å². The van der Waals surface area contributed by atoms with Crippen molar-refractivity contribution in [2.75, 3.05) is 17.1 Å². The molecule has 0 aliphatic carbocycles. The van der Waals surface area contributed by atoms with Gasteiger partial charge in [-0.3, -0.25) is 13.9 Å². The summed E-state index contributed by atoms with van der Waals surface area (Å²) in [5.74, 6) is -0.380. The van der Waals surface area contributed by atoms with E-state index in [-0.39, 0.29) is 30.8 Å². The summed E-state index contributed by atoms with van der Waals surface area (Å²) in [5, 5.41) is 2.97. The lowest BCUT2D eigenvalue weighted by Crippen LogP contribution is -2.49. The van der Waals surface area contributed by atoms with Crippen molar-refractivity contribution in [3.8, 4) is 0 Å². The first-order chi connectivity index (χ1) is 16.8. The van der Waals surface area contributed by atoms with Crippen molar-refractivity contribution in [3.05, 3.63) is 64.7 Å². The third kappa shape index (κ3) is 8.36. The predicted molar refractivity (Wildman–Crippen MR) is 146 cm³/mol. The van der Waals surface area contributed by atoms with Crippen LogP contribution in [0.2, 0.25) is 0 Å². The summed E-state index contributed by atoms with van der Waals surface area (Å²) in [4.78, 5) is 27.8. The molecule has 198 valence electrons. The van der Waals surface area contributed by atoms with Gasteiger partial charge in [0, 0.05) is 25.6 Å². The average Bonchev–Trinajstić information content (AvgIpc) is 2.81. The van der Waals surface area contributed by atoms with E-state index in [0.717, 1.165) is 28.7 Å². The Labute approximate surface area is 216 Å². The second-order valence-electron chi connectivity index (χ2n) is 9.73. The fourth-order valence-corrected chi connectivity index (χ4v) is 4.92. The van der Waals surface area contributed by atoms with Gasteiger partial charge >= 0.3 is 0 Å². The standard InChI is InChI=1S/C28H41N3O4S/c1-8-23(5)29-28(33)24(6)30(19-25-15-12-20(2)13-16-25)27(32)10-9-17-31(36(7,34)35)26-18-21(3)11-14-22(26)4/h11-16,18,23-24H,8-10,17,19H2,1-7H3,(H,29,33)/t23-,24-/m0/s1. The van der Waals surface area contributed by atoms with Crippen molar-refractivity contribution in [2.45, 2.75) is 79.4 Å². The lowest BCUT2D eigenvalue weighted by Gasteiger charge is -2.30. The zero-order valence-corrected chi connectivity index (χ0v) is 23.5. The molecule has 0 radical (unpaired) electrons. The number of nitrogens with zero attached hydrogens (tertiary/aromatic N) is 2. The minimum absolute atomic E-state index is 0.0113. The molecule has 8 heteroatoms. The molecule has 0 aliphatic heterocycles. The Morgan fingerprint density at radius 2 is 1.58 bits per heavy atom. The first-order valence-corrected chi connectivity index (χ1v) is 14.4. The molecule has 2 atom stereocenters. The molecule has 2 rings (SSSR count). The summed E-state index contributed by atoms with van der Waals surface area (Å²) in [7, 11) is -3.53. The minimum atomic E-state index is -3.53. The maximum atomic E-state index is 13.4. The van der Waals surface area contributed by atoms with E-state index in [1.807, 2.05) is 77.1 Å². The highest BCUT2D eigenvalue weighted by atomic mass is 32.2. The first-order valence-electron chi connectivity index (χ1n) is 12.5. The van der Waals surface area contributed by atoms with E-state index >= 15 is 0 Å². The maximum Gasteiger partial charge on any atom is 0.242 e. The Morgan fingerprint density at radius 1 is 0.972 bits per heavy atom. The van der Waals surface area contributed by atoms with Gasteiger partial charge in [0.25, 0.3) is 0 Å². The van der Waals surface area contributed by atoms with Crippen LogP contribution in [-0.2, 0) is 26.2 Å². The SMILES string of the molecule is CC[C@H](C)NC(=O)[C@H](C)N(Cc1ccc(C)cc1)C(=O)CCCN(c1cc(C)ccc1C)S(C)(=O)=O. The van der Waals surface area contributed by atoms with E-state index in [4.69, 9.17) is 0 Å². The van der Waals surface area contributed by atoms with Crippen molar-refractivity contribution in [1.82, 2.24) is 10.2 Å². The van der Waals surface area contributed by atoms with Gasteiger partial charge in [-0.2, -0.15) is 0 Å². The maximum absolute atomic E-state index is 13.4. The molecule has 2 amide bonds. The molecule has 7 nitrogen and oxygen atoms in total. The van der Waals surface area contributed by atoms with Gasteiger partial charge in [-0.05, 0) is 70.2 Å². The van der Waals surface area contributed by atoms with Crippen LogP contribution in [0.1, 0.15) is 62.3 Å². The Bertz CT molecular complexity index is 1150. The number of hydrogen-bond donors (Lipinski definition) is 1. The predicted octanol–water partition coefficient (Wildman–Crippen LogP) is 4.49. The summed E-state index contributed by atoms with van der Waals surface area (Å²) in [5.41, 5.74) is 4.50. The molecule has 1 N–H and O–H groups in total. The average molecular weight is 516 g/mol. The number of anilines is 1. The lowest BCUT2D eigenvalue weighted by atomic mass is 10.1. The molecular formula is C28H41N3O4S. The number of benzene rings is 2. The fourth-order valence-electron chi connectivity index (χ4n) is 3.91. The van der Waals surface area contributed by atoms with Crippen molar-refractivity contribution in [1.29, 1.82) is 0 Å². The molecule has 2 aromatic rings. The zero-order valence-electron chi connectivity index (χ0n) is 22.7. The molecule has 36 heavy (non-hydrogen) atoms. The molecule has 2 aromatic carbocycles. The topological polar surface area (TPSA) is 86.8 Å². The minimum Gasteiger partial charge on any atom is -0.352 e. The number of carbonyl (C=O) groups excluding carboxylic acids is 2. The van der Waals surface area contributed by atoms with Crippen LogP contribution in [0.5, 0.6) is 0 Å². The van der Waals surface area contributed by atoms with Crippen LogP contribution >= 0.6 is 0 Å². The van der Waals surface area contributed by atoms with Crippen LogP contribution in [0.3, 0.4) is 0 Å². The third-order valence-electron chi connectivity index (χ3n) is 6.43. The molecule has 0 saturated heterocycles. The molecule has 0 heterocycles. The van der Waals surface area contributed by atoms with Gasteiger partial charge < -0.3 is 10.2 Å². The number of aryl methyl sites for hydroxylation is 3. The highest BCUT2D eigenvalue weighted by Crippen LogP contribution is 2.24. The van der Waals surface area contributed by atoms with Gasteiger partial charge in [0.05, 0.1) is 11.9 Å². The van der Waals surface area contributed by atoms with Crippen molar-refractivity contribution in [3.63, 3.8) is 0 Å². The van der Waals surface area contributed by atoms with Crippen molar-refractivity contribution in [2.24, 2.45) is 0 Å². The number of sulfonamides is 1. The summed E-state index contributed by atoms with van der Waals surface area (Å²) < 4.78 is 26.5. The van der Waals surface area contributed by atoms with Crippen LogP contribution < -0.4 is 9.62 Å². The summed E-state index contributed by atoms with van der Waals surface area (Å²) >= 11 is 0. The highest BCUT2D eigenvalue weighted by molar-refractivity contribution is 7.92. The van der Waals surface area contributed by atoms with Gasteiger partial charge in [0.15, 0.2) is 0 Å². The quantitative estimate of drug-likeness (QED) is 0.451. The van der Waals surface area contributed by atoms with Gasteiger partial charge in [-0.25, -0.2) is 8.42 Å². The van der Waals surface area contributed by atoms with Crippen LogP contribution in [0.15, 0.2) is 42.5 Å². The molecule has 0 aliphatic rings. The Hall–Kier alpha value is -2.87. The highest BCUT2D eigenvalue weighted by Gasteiger charge is 2.27. The van der Waals surface area contributed by atoms with E-state index in [1.54, 1.807) is 11.8 Å². The van der Waals surface area contributed by atoms with Crippen LogP contribution in [0.4, 0.5) is 5.69 Å². The van der Waals surface area contributed by atoms with E-state index in [1.165, 1.54) is 10.6 Å². The van der Waals surface area contributed by atoms with Crippen LogP contribution in [-0.4, -0.2) is 50.0 Å². The monoisotopic (exact) mass is 515 g/mol. The van der Waals surface area contributed by atoms with Gasteiger partial charge in [-0.15, -0.1) is 0 Å². The van der Waals surface area contributed by atoms with Gasteiger partial charge in [-0.1, -0.05) is 48.9 Å². The van der Waals surface area contributed by atoms with Gasteiger partial charge in [0.1, 0.15) is 6.04 Å². The summed E-state index contributed by atoms with van der Waals surface area (Å²) in [6.45, 7) is 11.9. The normalized spacial score (nSPS) is 13.1. The first kappa shape index (κ1) is 29.4. The molecule has 0 bridgehead atoms. The molecule has 0 aromatic heterocycles. The van der Waals surface area contributed by atoms with E-state index in [0.29, 0.717) is 18.7 Å². The molecule has 0 saturated carbocycles. The number of rotatable bonds is 12. The Kier molecular flexibility index (Phi) is 10.5. The van der Waals surface area contributed by atoms with E-state index in [2.05, 4.69) is 5.32 Å². The Balaban J connectivity index is 2.20. The van der Waals surface area contributed by atoms with Crippen molar-refractivity contribution >= 4 is 27.5 Å². The van der Waals surface area contributed by atoms with Gasteiger partial charge in [0.2, 0.25) is 21.8 Å². The summed E-state index contributed by atoms with van der Waals surface area (Å²) in [6.07, 6.45) is 2.44. The summed E-state index contributed by atoms with van der Waals surface area (Å²) in [6, 6.07) is 12.9. The third-order valence-corrected chi connectivity index (χ3v) is 7.61. The molecule has 0 spiro atoms. The Morgan fingerprint density at radius 3 is 2.17 bits per heavy atom. The van der Waals surface area contributed by atoms with E-state index in [9.17, 15) is 18.0 Å². The fraction of sp³-hybridized carbons (Fsp3) is 0.500. The number of hydrogen-bond acceptors (Lipinski definition) is 4. The van der Waals surface area contributed by atoms with Crippen LogP contribution in [0.25, 0.3) is 0 Å². The van der Waals surface area contributed by atoms with Crippen LogP contribution in [0, 0.1) is 20.8 Å². The van der Waals surface area contributed by atoms with Crippen molar-refractivity contribution < 1.29 is 18.0 Å². The number of carbonyl (C=O) groups is 2. The molecular weight excluding hydrogens is 474 g/mol. The molecule has 0 unspecified atom stereocenters. The lowest BCUT2D eigenvalue weighted by molar-refractivity contribution is -0.140.